The van der Waals surface area contributed by atoms with E-state index in [-0.39, 0.29) is 10.7 Å². The Morgan fingerprint density at radius 3 is 2.76 bits per heavy atom. The van der Waals surface area contributed by atoms with Gasteiger partial charge in [-0.2, -0.15) is 0 Å². The number of hydrogen-bond acceptors (Lipinski definition) is 3. The molecule has 1 heterocycles. The summed E-state index contributed by atoms with van der Waals surface area (Å²) in [5.41, 5.74) is 7.52. The largest absolute Gasteiger partial charge is 0.478 e. The van der Waals surface area contributed by atoms with Gasteiger partial charge in [-0.15, -0.1) is 0 Å². The minimum atomic E-state index is -1.05. The molecule has 2 rings (SSSR count). The predicted molar refractivity (Wildman–Crippen MR) is 66.1 cm³/mol. The molecule has 17 heavy (non-hydrogen) atoms. The average Bonchev–Trinajstić information content (AvgIpc) is 2.28. The second kappa shape index (κ2) is 4.43. The van der Waals surface area contributed by atoms with Gasteiger partial charge in [0, 0.05) is 17.4 Å². The third-order valence-corrected chi connectivity index (χ3v) is 2.51. The van der Waals surface area contributed by atoms with Crippen LogP contribution in [0.5, 0.6) is 0 Å². The van der Waals surface area contributed by atoms with Gasteiger partial charge in [-0.05, 0) is 23.8 Å². The van der Waals surface area contributed by atoms with E-state index in [4.69, 9.17) is 22.4 Å². The van der Waals surface area contributed by atoms with Gasteiger partial charge in [0.15, 0.2) is 0 Å². The monoisotopic (exact) mass is 248 g/mol. The van der Waals surface area contributed by atoms with Gasteiger partial charge in [-0.25, -0.2) is 9.78 Å². The third-order valence-electron chi connectivity index (χ3n) is 2.30. The van der Waals surface area contributed by atoms with Crippen LogP contribution >= 0.6 is 11.6 Å². The molecule has 5 heteroatoms. The number of anilines is 1. The summed E-state index contributed by atoms with van der Waals surface area (Å²) < 4.78 is 0. The molecule has 0 radical (unpaired) electrons. The van der Waals surface area contributed by atoms with Gasteiger partial charge >= 0.3 is 5.97 Å². The number of aromatic carboxylic acids is 1. The first kappa shape index (κ1) is 11.4. The lowest BCUT2D eigenvalue weighted by Crippen LogP contribution is -2.00. The van der Waals surface area contributed by atoms with Crippen molar-refractivity contribution >= 4 is 23.3 Å². The summed E-state index contributed by atoms with van der Waals surface area (Å²) in [6.45, 7) is 0. The molecule has 0 spiro atoms. The van der Waals surface area contributed by atoms with E-state index >= 15 is 0 Å². The molecule has 2 aromatic rings. The number of aromatic nitrogens is 1. The molecule has 86 valence electrons. The Morgan fingerprint density at radius 2 is 2.12 bits per heavy atom. The van der Waals surface area contributed by atoms with Gasteiger partial charge in [0.2, 0.25) is 0 Å². The number of carboxylic acid groups (broad SMARTS) is 1. The van der Waals surface area contributed by atoms with E-state index in [9.17, 15) is 4.79 Å². The minimum absolute atomic E-state index is 0.107. The van der Waals surface area contributed by atoms with E-state index < -0.39 is 5.97 Å². The Morgan fingerprint density at radius 1 is 1.35 bits per heavy atom. The summed E-state index contributed by atoms with van der Waals surface area (Å²) in [6, 6.07) is 8.27. The lowest BCUT2D eigenvalue weighted by atomic mass is 10.0. The molecule has 0 aliphatic rings. The first-order chi connectivity index (χ1) is 8.08. The van der Waals surface area contributed by atoms with Gasteiger partial charge in [0.1, 0.15) is 5.15 Å². The molecule has 0 fully saturated rings. The van der Waals surface area contributed by atoms with Crippen LogP contribution in [-0.2, 0) is 0 Å². The highest BCUT2D eigenvalue weighted by molar-refractivity contribution is 6.29. The molecule has 0 aliphatic carbocycles. The molecule has 1 aromatic carbocycles. The molecule has 0 aliphatic heterocycles. The number of nitrogens with two attached hydrogens (primary N) is 1. The molecule has 1 aromatic heterocycles. The standard InChI is InChI=1S/C12H9ClN2O2/c13-11-5-9(12(16)17)10(6-15-11)7-2-1-3-8(14)4-7/h1-6H,14H2,(H,16,17). The SMILES string of the molecule is Nc1cccc(-c2cnc(Cl)cc2C(=O)O)c1. The number of carbonyl (C=O) groups is 1. The Hall–Kier alpha value is -2.07. The van der Waals surface area contributed by atoms with Crippen LogP contribution in [0.3, 0.4) is 0 Å². The Balaban J connectivity index is 2.63. The second-order valence-electron chi connectivity index (χ2n) is 3.48. The zero-order valence-corrected chi connectivity index (χ0v) is 9.48. The van der Waals surface area contributed by atoms with Crippen LogP contribution in [0.2, 0.25) is 5.15 Å². The number of nitrogens with zero attached hydrogens (tertiary/aromatic N) is 1. The van der Waals surface area contributed by atoms with Crippen molar-refractivity contribution in [2.24, 2.45) is 0 Å². The van der Waals surface area contributed by atoms with Crippen LogP contribution in [0.15, 0.2) is 36.5 Å². The third kappa shape index (κ3) is 2.37. The molecule has 0 bridgehead atoms. The fraction of sp³-hybridized carbons (Fsp3) is 0. The maximum Gasteiger partial charge on any atom is 0.336 e. The van der Waals surface area contributed by atoms with Gasteiger partial charge in [0.05, 0.1) is 5.56 Å². The zero-order valence-electron chi connectivity index (χ0n) is 8.72. The molecule has 0 atom stereocenters. The predicted octanol–water partition coefficient (Wildman–Crippen LogP) is 2.68. The van der Waals surface area contributed by atoms with E-state index in [0.717, 1.165) is 0 Å². The summed E-state index contributed by atoms with van der Waals surface area (Å²) in [5, 5.41) is 9.25. The van der Waals surface area contributed by atoms with Crippen LogP contribution in [0.4, 0.5) is 5.69 Å². The van der Waals surface area contributed by atoms with Crippen LogP contribution in [-0.4, -0.2) is 16.1 Å². The first-order valence-electron chi connectivity index (χ1n) is 4.82. The van der Waals surface area contributed by atoms with Crippen LogP contribution < -0.4 is 5.73 Å². The maximum atomic E-state index is 11.1. The lowest BCUT2D eigenvalue weighted by molar-refractivity contribution is 0.0697. The van der Waals surface area contributed by atoms with E-state index in [1.165, 1.54) is 12.3 Å². The second-order valence-corrected chi connectivity index (χ2v) is 3.87. The average molecular weight is 249 g/mol. The normalized spacial score (nSPS) is 10.2. The van der Waals surface area contributed by atoms with Crippen LogP contribution in [0.1, 0.15) is 10.4 Å². The van der Waals surface area contributed by atoms with Crippen molar-refractivity contribution in [3.05, 3.63) is 47.2 Å². The lowest BCUT2D eigenvalue weighted by Gasteiger charge is -2.06. The van der Waals surface area contributed by atoms with E-state index in [0.29, 0.717) is 16.8 Å². The number of nitrogen functional groups attached to an aromatic ring is 1. The van der Waals surface area contributed by atoms with Crippen molar-refractivity contribution in [3.8, 4) is 11.1 Å². The molecule has 0 amide bonds. The molecule has 0 unspecified atom stereocenters. The van der Waals surface area contributed by atoms with Crippen molar-refractivity contribution in [2.45, 2.75) is 0 Å². The van der Waals surface area contributed by atoms with Crippen molar-refractivity contribution in [3.63, 3.8) is 0 Å². The number of carboxylic acids is 1. The van der Waals surface area contributed by atoms with Crippen molar-refractivity contribution in [1.29, 1.82) is 0 Å². The summed E-state index contributed by atoms with van der Waals surface area (Å²) in [7, 11) is 0. The fourth-order valence-electron chi connectivity index (χ4n) is 1.54. The topological polar surface area (TPSA) is 76.2 Å². The first-order valence-corrected chi connectivity index (χ1v) is 5.20. The quantitative estimate of drug-likeness (QED) is 0.633. The zero-order chi connectivity index (χ0) is 12.4. The highest BCUT2D eigenvalue weighted by Crippen LogP contribution is 2.26. The van der Waals surface area contributed by atoms with Crippen molar-refractivity contribution in [2.75, 3.05) is 5.73 Å². The van der Waals surface area contributed by atoms with Gasteiger partial charge in [-0.1, -0.05) is 23.7 Å². The number of rotatable bonds is 2. The maximum absolute atomic E-state index is 11.1. The number of benzene rings is 1. The van der Waals surface area contributed by atoms with Crippen molar-refractivity contribution in [1.82, 2.24) is 4.98 Å². The summed E-state index contributed by atoms with van der Waals surface area (Å²) in [6.07, 6.45) is 1.43. The fourth-order valence-corrected chi connectivity index (χ4v) is 1.70. The molecule has 0 saturated heterocycles. The smallest absolute Gasteiger partial charge is 0.336 e. The summed E-state index contributed by atoms with van der Waals surface area (Å²) in [4.78, 5) is 15.0. The Kier molecular flexibility index (Phi) is 2.97. The number of halogens is 1. The van der Waals surface area contributed by atoms with Crippen LogP contribution in [0, 0.1) is 0 Å². The molecular weight excluding hydrogens is 240 g/mol. The molecule has 3 N–H and O–H groups in total. The highest BCUT2D eigenvalue weighted by atomic mass is 35.5. The molecule has 4 nitrogen and oxygen atoms in total. The Bertz CT molecular complexity index is 584. The molecule has 0 saturated carbocycles. The summed E-state index contributed by atoms with van der Waals surface area (Å²) >= 11 is 5.68. The Labute approximate surface area is 103 Å². The van der Waals surface area contributed by atoms with Gasteiger partial charge in [-0.3, -0.25) is 0 Å². The van der Waals surface area contributed by atoms with Gasteiger partial charge in [0.25, 0.3) is 0 Å². The summed E-state index contributed by atoms with van der Waals surface area (Å²) in [5.74, 6) is -1.05. The van der Waals surface area contributed by atoms with Crippen molar-refractivity contribution < 1.29 is 9.90 Å². The minimum Gasteiger partial charge on any atom is -0.478 e. The highest BCUT2D eigenvalue weighted by Gasteiger charge is 2.13. The number of pyridine rings is 1. The van der Waals surface area contributed by atoms with E-state index in [1.807, 2.05) is 0 Å². The van der Waals surface area contributed by atoms with Gasteiger partial charge < -0.3 is 10.8 Å². The van der Waals surface area contributed by atoms with E-state index in [1.54, 1.807) is 24.3 Å². The molecular formula is C12H9ClN2O2. The van der Waals surface area contributed by atoms with Crippen LogP contribution in [0.25, 0.3) is 11.1 Å². The number of hydrogen-bond donors (Lipinski definition) is 2. The van der Waals surface area contributed by atoms with E-state index in [2.05, 4.69) is 4.98 Å².